The molecule has 0 aliphatic carbocycles. The Balaban J connectivity index is 3.05. The Labute approximate surface area is 71.2 Å². The van der Waals surface area contributed by atoms with Crippen LogP contribution in [0, 0.1) is 0 Å². The second-order valence-electron chi connectivity index (χ2n) is 2.49. The SMILES string of the molecule is CCn1c(C(C)N)cnc1Cl. The van der Waals surface area contributed by atoms with Crippen LogP contribution in [0.2, 0.25) is 5.28 Å². The van der Waals surface area contributed by atoms with Gasteiger partial charge in [0.1, 0.15) is 0 Å². The molecule has 11 heavy (non-hydrogen) atoms. The number of aromatic nitrogens is 2. The lowest BCUT2D eigenvalue weighted by Crippen LogP contribution is -2.11. The molecular formula is C7H12ClN3. The van der Waals surface area contributed by atoms with Crippen LogP contribution in [-0.2, 0) is 6.54 Å². The van der Waals surface area contributed by atoms with Crippen LogP contribution in [0.4, 0.5) is 0 Å². The highest BCUT2D eigenvalue weighted by Crippen LogP contribution is 2.15. The van der Waals surface area contributed by atoms with Gasteiger partial charge in [0, 0.05) is 12.6 Å². The average molecular weight is 174 g/mol. The maximum atomic E-state index is 5.79. The number of hydrogen-bond donors (Lipinski definition) is 1. The Bertz CT molecular complexity index is 242. The third-order valence-electron chi connectivity index (χ3n) is 1.62. The van der Waals surface area contributed by atoms with Crippen LogP contribution >= 0.6 is 11.6 Å². The van der Waals surface area contributed by atoms with Crippen molar-refractivity contribution in [1.82, 2.24) is 9.55 Å². The molecule has 0 aliphatic heterocycles. The Morgan fingerprint density at radius 3 is 2.82 bits per heavy atom. The molecule has 1 rings (SSSR count). The predicted molar refractivity (Wildman–Crippen MR) is 45.5 cm³/mol. The van der Waals surface area contributed by atoms with Crippen LogP contribution in [0.1, 0.15) is 25.6 Å². The van der Waals surface area contributed by atoms with Crippen molar-refractivity contribution < 1.29 is 0 Å². The molecule has 1 aromatic rings. The minimum atomic E-state index is -0.00468. The van der Waals surface area contributed by atoms with Crippen LogP contribution in [-0.4, -0.2) is 9.55 Å². The predicted octanol–water partition coefficient (Wildman–Crippen LogP) is 1.58. The molecule has 0 aliphatic rings. The van der Waals surface area contributed by atoms with Gasteiger partial charge >= 0.3 is 0 Å². The average Bonchev–Trinajstić information content (AvgIpc) is 2.30. The van der Waals surface area contributed by atoms with Crippen molar-refractivity contribution in [2.45, 2.75) is 26.4 Å². The summed E-state index contributed by atoms with van der Waals surface area (Å²) in [7, 11) is 0. The number of hydrogen-bond acceptors (Lipinski definition) is 2. The molecule has 1 heterocycles. The van der Waals surface area contributed by atoms with Crippen molar-refractivity contribution in [3.05, 3.63) is 17.2 Å². The number of nitrogens with zero attached hydrogens (tertiary/aromatic N) is 2. The van der Waals surface area contributed by atoms with E-state index in [-0.39, 0.29) is 6.04 Å². The molecule has 62 valence electrons. The molecule has 1 unspecified atom stereocenters. The van der Waals surface area contributed by atoms with Gasteiger partial charge in [0.25, 0.3) is 0 Å². The normalized spacial score (nSPS) is 13.5. The first-order valence-corrected chi connectivity index (χ1v) is 4.01. The summed E-state index contributed by atoms with van der Waals surface area (Å²) in [5, 5.41) is 0.514. The van der Waals surface area contributed by atoms with Gasteiger partial charge in [-0.25, -0.2) is 4.98 Å². The fraction of sp³-hybridized carbons (Fsp3) is 0.571. The van der Waals surface area contributed by atoms with Gasteiger partial charge in [-0.1, -0.05) is 0 Å². The van der Waals surface area contributed by atoms with Gasteiger partial charge < -0.3 is 10.3 Å². The molecule has 2 N–H and O–H groups in total. The molecule has 0 radical (unpaired) electrons. The van der Waals surface area contributed by atoms with E-state index < -0.39 is 0 Å². The summed E-state index contributed by atoms with van der Waals surface area (Å²) < 4.78 is 1.90. The van der Waals surface area contributed by atoms with Crippen molar-refractivity contribution in [3.8, 4) is 0 Å². The van der Waals surface area contributed by atoms with E-state index in [2.05, 4.69) is 4.98 Å². The summed E-state index contributed by atoms with van der Waals surface area (Å²) in [6.45, 7) is 4.74. The standard InChI is InChI=1S/C7H12ClN3/c1-3-11-6(5(2)9)4-10-7(11)8/h4-5H,3,9H2,1-2H3. The number of rotatable bonds is 2. The lowest BCUT2D eigenvalue weighted by atomic mass is 10.3. The number of halogens is 1. The second-order valence-corrected chi connectivity index (χ2v) is 2.82. The summed E-state index contributed by atoms with van der Waals surface area (Å²) in [4.78, 5) is 3.96. The van der Waals surface area contributed by atoms with E-state index in [1.165, 1.54) is 0 Å². The van der Waals surface area contributed by atoms with E-state index in [1.807, 2.05) is 18.4 Å². The summed E-state index contributed by atoms with van der Waals surface area (Å²) in [6, 6.07) is -0.00468. The van der Waals surface area contributed by atoms with E-state index in [9.17, 15) is 0 Å². The Morgan fingerprint density at radius 2 is 2.45 bits per heavy atom. The van der Waals surface area contributed by atoms with E-state index in [0.29, 0.717) is 5.28 Å². The molecule has 0 amide bonds. The van der Waals surface area contributed by atoms with E-state index in [0.717, 1.165) is 12.2 Å². The molecule has 0 aromatic carbocycles. The van der Waals surface area contributed by atoms with Crippen LogP contribution in [0.5, 0.6) is 0 Å². The van der Waals surface area contributed by atoms with Crippen molar-refractivity contribution in [2.24, 2.45) is 5.73 Å². The first-order chi connectivity index (χ1) is 5.16. The number of nitrogens with two attached hydrogens (primary N) is 1. The largest absolute Gasteiger partial charge is 0.323 e. The quantitative estimate of drug-likeness (QED) is 0.738. The van der Waals surface area contributed by atoms with Crippen molar-refractivity contribution in [2.75, 3.05) is 0 Å². The fourth-order valence-corrected chi connectivity index (χ4v) is 1.31. The highest BCUT2D eigenvalue weighted by atomic mass is 35.5. The number of imidazole rings is 1. The van der Waals surface area contributed by atoms with Gasteiger partial charge in [0.2, 0.25) is 5.28 Å². The zero-order chi connectivity index (χ0) is 8.43. The van der Waals surface area contributed by atoms with Crippen molar-refractivity contribution in [3.63, 3.8) is 0 Å². The summed E-state index contributed by atoms with van der Waals surface area (Å²) in [5.41, 5.74) is 6.67. The Morgan fingerprint density at radius 1 is 1.82 bits per heavy atom. The van der Waals surface area contributed by atoms with Crippen molar-refractivity contribution >= 4 is 11.6 Å². The van der Waals surface area contributed by atoms with Gasteiger partial charge in [-0.15, -0.1) is 0 Å². The minimum absolute atomic E-state index is 0.00468. The molecule has 0 fully saturated rings. The first-order valence-electron chi connectivity index (χ1n) is 3.63. The third-order valence-corrected chi connectivity index (χ3v) is 1.92. The molecule has 0 bridgehead atoms. The van der Waals surface area contributed by atoms with E-state index in [1.54, 1.807) is 6.20 Å². The molecule has 3 nitrogen and oxygen atoms in total. The summed E-state index contributed by atoms with van der Waals surface area (Å²) in [5.74, 6) is 0. The van der Waals surface area contributed by atoms with Gasteiger partial charge in [-0.3, -0.25) is 0 Å². The summed E-state index contributed by atoms with van der Waals surface area (Å²) >= 11 is 5.79. The lowest BCUT2D eigenvalue weighted by Gasteiger charge is -2.08. The van der Waals surface area contributed by atoms with Gasteiger partial charge in [0.15, 0.2) is 0 Å². The monoisotopic (exact) mass is 173 g/mol. The van der Waals surface area contributed by atoms with Crippen molar-refractivity contribution in [1.29, 1.82) is 0 Å². The third kappa shape index (κ3) is 1.54. The van der Waals surface area contributed by atoms with Gasteiger partial charge in [-0.2, -0.15) is 0 Å². The van der Waals surface area contributed by atoms with Crippen LogP contribution < -0.4 is 5.73 Å². The van der Waals surface area contributed by atoms with Gasteiger partial charge in [-0.05, 0) is 25.4 Å². The smallest absolute Gasteiger partial charge is 0.202 e. The summed E-state index contributed by atoms with van der Waals surface area (Å²) in [6.07, 6.45) is 1.72. The molecule has 1 atom stereocenters. The fourth-order valence-electron chi connectivity index (χ4n) is 1.04. The maximum absolute atomic E-state index is 5.79. The molecule has 0 saturated heterocycles. The van der Waals surface area contributed by atoms with Crippen LogP contribution in [0.15, 0.2) is 6.20 Å². The van der Waals surface area contributed by atoms with Gasteiger partial charge in [0.05, 0.1) is 11.9 Å². The molecule has 1 aromatic heterocycles. The topological polar surface area (TPSA) is 43.8 Å². The van der Waals surface area contributed by atoms with Crippen LogP contribution in [0.25, 0.3) is 0 Å². The Kier molecular flexibility index (Phi) is 2.52. The highest BCUT2D eigenvalue weighted by molar-refractivity contribution is 6.28. The molecule has 0 spiro atoms. The van der Waals surface area contributed by atoms with Crippen LogP contribution in [0.3, 0.4) is 0 Å². The highest BCUT2D eigenvalue weighted by Gasteiger charge is 2.08. The molecular weight excluding hydrogens is 162 g/mol. The molecule has 4 heteroatoms. The zero-order valence-electron chi connectivity index (χ0n) is 6.71. The van der Waals surface area contributed by atoms with E-state index >= 15 is 0 Å². The minimum Gasteiger partial charge on any atom is -0.323 e. The second kappa shape index (κ2) is 3.24. The van der Waals surface area contributed by atoms with E-state index in [4.69, 9.17) is 17.3 Å². The maximum Gasteiger partial charge on any atom is 0.202 e. The lowest BCUT2D eigenvalue weighted by molar-refractivity contribution is 0.658. The zero-order valence-corrected chi connectivity index (χ0v) is 7.47. The molecule has 0 saturated carbocycles. The first kappa shape index (κ1) is 8.56. The Hall–Kier alpha value is -0.540.